The molecule has 0 amide bonds. The molecule has 8 rings (SSSR count). The minimum absolute atomic E-state index is 0.922. The van der Waals surface area contributed by atoms with Crippen LogP contribution in [0.25, 0.3) is 61.0 Å². The molecule has 4 nitrogen and oxygen atoms in total. The Morgan fingerprint density at radius 2 is 1.25 bits per heavy atom. The molecule has 4 heteroatoms. The van der Waals surface area contributed by atoms with Crippen LogP contribution >= 0.6 is 0 Å². The predicted octanol–water partition coefficient (Wildman–Crippen LogP) is 7.84. The molecular weight excluding hydrogens is 440 g/mol. The van der Waals surface area contributed by atoms with Gasteiger partial charge in [-0.1, -0.05) is 60.7 Å². The number of aryl methyl sites for hydroxylation is 1. The molecule has 8 aromatic rings. The van der Waals surface area contributed by atoms with Gasteiger partial charge in [-0.05, 0) is 67.1 Å². The first-order chi connectivity index (χ1) is 17.8. The molecule has 0 spiro atoms. The quantitative estimate of drug-likeness (QED) is 0.257. The van der Waals surface area contributed by atoms with Gasteiger partial charge in [-0.3, -0.25) is 8.97 Å². The minimum atomic E-state index is 0.922. The van der Waals surface area contributed by atoms with E-state index in [9.17, 15) is 0 Å². The summed E-state index contributed by atoms with van der Waals surface area (Å²) in [7, 11) is 0. The molecule has 5 aromatic carbocycles. The number of benzene rings is 5. The van der Waals surface area contributed by atoms with Crippen LogP contribution in [-0.2, 0) is 0 Å². The van der Waals surface area contributed by atoms with Gasteiger partial charge in [0.1, 0.15) is 5.52 Å². The summed E-state index contributed by atoms with van der Waals surface area (Å²) in [4.78, 5) is 5.37. The van der Waals surface area contributed by atoms with Gasteiger partial charge in [0.05, 0.1) is 27.6 Å². The van der Waals surface area contributed by atoms with Crippen LogP contribution in [-0.4, -0.2) is 18.5 Å². The van der Waals surface area contributed by atoms with Crippen LogP contribution in [0.3, 0.4) is 0 Å². The van der Waals surface area contributed by atoms with E-state index in [2.05, 4.69) is 136 Å². The van der Waals surface area contributed by atoms with E-state index in [4.69, 9.17) is 4.98 Å². The molecule has 36 heavy (non-hydrogen) atoms. The van der Waals surface area contributed by atoms with Crippen LogP contribution in [0.15, 0.2) is 115 Å². The normalized spacial score (nSPS) is 12.0. The summed E-state index contributed by atoms with van der Waals surface area (Å²) in [6.07, 6.45) is 0. The summed E-state index contributed by atoms with van der Waals surface area (Å²) >= 11 is 0. The maximum Gasteiger partial charge on any atom is 0.220 e. The van der Waals surface area contributed by atoms with Gasteiger partial charge in [0.2, 0.25) is 5.78 Å². The Morgan fingerprint density at radius 1 is 0.528 bits per heavy atom. The second kappa shape index (κ2) is 7.09. The van der Waals surface area contributed by atoms with Gasteiger partial charge in [0.25, 0.3) is 0 Å². The average Bonchev–Trinajstić information content (AvgIpc) is 3.56. The van der Waals surface area contributed by atoms with Crippen molar-refractivity contribution in [3.63, 3.8) is 0 Å². The highest BCUT2D eigenvalue weighted by atomic mass is 15.2. The van der Waals surface area contributed by atoms with Gasteiger partial charge in [-0.2, -0.15) is 0 Å². The van der Waals surface area contributed by atoms with Crippen molar-refractivity contribution in [2.45, 2.75) is 6.92 Å². The number of fused-ring (bicyclic) bond motifs is 9. The lowest BCUT2D eigenvalue weighted by molar-refractivity contribution is 1.11. The minimum Gasteiger partial charge on any atom is -0.307 e. The first-order valence-corrected chi connectivity index (χ1v) is 12.3. The van der Waals surface area contributed by atoms with E-state index in [0.717, 1.165) is 44.7 Å². The van der Waals surface area contributed by atoms with E-state index >= 15 is 0 Å². The van der Waals surface area contributed by atoms with Crippen molar-refractivity contribution in [3.8, 4) is 11.4 Å². The highest BCUT2D eigenvalue weighted by Crippen LogP contribution is 2.38. The topological polar surface area (TPSA) is 27.2 Å². The first-order valence-electron chi connectivity index (χ1n) is 12.3. The number of aromatic nitrogens is 4. The van der Waals surface area contributed by atoms with Crippen molar-refractivity contribution in [3.05, 3.63) is 121 Å². The SMILES string of the molecule is Cc1cccc(-n2c3ccccc3c3ccc4c(nc5n(-c6ccccc6)c6ccccc6n45)c32)c1. The smallest absolute Gasteiger partial charge is 0.220 e. The van der Waals surface area contributed by atoms with Gasteiger partial charge < -0.3 is 4.57 Å². The number of para-hydroxylation sites is 4. The Balaban J connectivity index is 1.61. The summed E-state index contributed by atoms with van der Waals surface area (Å²) < 4.78 is 6.94. The maximum absolute atomic E-state index is 5.37. The fraction of sp³-hybridized carbons (Fsp3) is 0.0312. The Labute approximate surface area is 207 Å². The molecule has 0 aliphatic rings. The highest BCUT2D eigenvalue weighted by molar-refractivity contribution is 6.18. The lowest BCUT2D eigenvalue weighted by Crippen LogP contribution is -1.96. The molecule has 0 saturated heterocycles. The molecule has 0 aliphatic carbocycles. The lowest BCUT2D eigenvalue weighted by Gasteiger charge is -2.09. The maximum atomic E-state index is 5.37. The first kappa shape index (κ1) is 19.5. The van der Waals surface area contributed by atoms with Gasteiger partial charge in [0.15, 0.2) is 0 Å². The largest absolute Gasteiger partial charge is 0.307 e. The van der Waals surface area contributed by atoms with Crippen LogP contribution in [0.5, 0.6) is 0 Å². The second-order valence-corrected chi connectivity index (χ2v) is 9.43. The molecule has 0 atom stereocenters. The van der Waals surface area contributed by atoms with Crippen molar-refractivity contribution in [2.75, 3.05) is 0 Å². The van der Waals surface area contributed by atoms with Gasteiger partial charge in [-0.15, -0.1) is 0 Å². The molecule has 0 aliphatic heterocycles. The Bertz CT molecular complexity index is 2110. The van der Waals surface area contributed by atoms with Crippen LogP contribution in [0, 0.1) is 6.92 Å². The van der Waals surface area contributed by atoms with Crippen molar-refractivity contribution >= 4 is 49.7 Å². The highest BCUT2D eigenvalue weighted by Gasteiger charge is 2.21. The molecule has 3 aromatic heterocycles. The standard InChI is InChI=1S/C32H22N4/c1-21-10-9-13-23(20-21)34-26-15-6-5-14-24(26)25-18-19-29-30(31(25)34)33-32-35(22-11-3-2-4-12-22)27-16-7-8-17-28(27)36(29)32/h2-20H,1H3. The van der Waals surface area contributed by atoms with Crippen molar-refractivity contribution in [1.29, 1.82) is 0 Å². The van der Waals surface area contributed by atoms with E-state index < -0.39 is 0 Å². The summed E-state index contributed by atoms with van der Waals surface area (Å²) in [5.41, 5.74) is 10.3. The third-order valence-corrected chi connectivity index (χ3v) is 7.28. The summed E-state index contributed by atoms with van der Waals surface area (Å²) in [5.74, 6) is 0.922. The number of imidazole rings is 2. The summed E-state index contributed by atoms with van der Waals surface area (Å²) in [6, 6.07) is 40.9. The number of rotatable bonds is 2. The molecule has 0 radical (unpaired) electrons. The monoisotopic (exact) mass is 462 g/mol. The molecular formula is C32H22N4. The fourth-order valence-electron chi connectivity index (χ4n) is 5.78. The zero-order valence-corrected chi connectivity index (χ0v) is 19.8. The molecule has 0 N–H and O–H groups in total. The zero-order valence-electron chi connectivity index (χ0n) is 19.8. The number of hydrogen-bond acceptors (Lipinski definition) is 1. The molecule has 0 unspecified atom stereocenters. The zero-order chi connectivity index (χ0) is 23.8. The van der Waals surface area contributed by atoms with E-state index in [1.54, 1.807) is 0 Å². The van der Waals surface area contributed by atoms with E-state index in [0.29, 0.717) is 0 Å². The van der Waals surface area contributed by atoms with Crippen LogP contribution in [0.4, 0.5) is 0 Å². The number of nitrogens with zero attached hydrogens (tertiary/aromatic N) is 4. The molecule has 0 bridgehead atoms. The fourth-order valence-corrected chi connectivity index (χ4v) is 5.78. The summed E-state index contributed by atoms with van der Waals surface area (Å²) in [6.45, 7) is 2.15. The van der Waals surface area contributed by atoms with Gasteiger partial charge >= 0.3 is 0 Å². The predicted molar refractivity (Wildman–Crippen MR) is 149 cm³/mol. The van der Waals surface area contributed by atoms with Gasteiger partial charge in [-0.25, -0.2) is 4.98 Å². The lowest BCUT2D eigenvalue weighted by atomic mass is 10.1. The van der Waals surface area contributed by atoms with Gasteiger partial charge in [0, 0.05) is 22.1 Å². The van der Waals surface area contributed by atoms with Crippen molar-refractivity contribution < 1.29 is 0 Å². The van der Waals surface area contributed by atoms with Crippen LogP contribution < -0.4 is 0 Å². The Kier molecular flexibility index (Phi) is 3.84. The van der Waals surface area contributed by atoms with Crippen molar-refractivity contribution in [2.24, 2.45) is 0 Å². The van der Waals surface area contributed by atoms with E-state index in [1.807, 2.05) is 0 Å². The molecule has 3 heterocycles. The Morgan fingerprint density at radius 3 is 2.08 bits per heavy atom. The van der Waals surface area contributed by atoms with E-state index in [-0.39, 0.29) is 0 Å². The molecule has 0 saturated carbocycles. The van der Waals surface area contributed by atoms with Crippen LogP contribution in [0.2, 0.25) is 0 Å². The average molecular weight is 463 g/mol. The van der Waals surface area contributed by atoms with Crippen molar-refractivity contribution in [1.82, 2.24) is 18.5 Å². The third-order valence-electron chi connectivity index (χ3n) is 7.28. The third kappa shape index (κ3) is 2.50. The van der Waals surface area contributed by atoms with Crippen LogP contribution in [0.1, 0.15) is 5.56 Å². The Hall–Kier alpha value is -4.83. The summed E-state index contributed by atoms with van der Waals surface area (Å²) in [5, 5.41) is 2.46. The molecule has 170 valence electrons. The second-order valence-electron chi connectivity index (χ2n) is 9.43. The van der Waals surface area contributed by atoms with E-state index in [1.165, 1.54) is 21.9 Å². The number of hydrogen-bond donors (Lipinski definition) is 0. The molecule has 0 fully saturated rings.